The maximum absolute atomic E-state index is 11.6. The highest BCUT2D eigenvalue weighted by molar-refractivity contribution is 5.67. The molecule has 110 valence electrons. The fraction of sp³-hybridized carbons (Fsp3) is 0.933. The standard InChI is InChI=1S/C15H28N2O2/c1-3-13-5-7-14(8-6-13)16-9-11-17(12-10-16)15(18)19-4-2/h13-14H,3-12H2,1-2H3. The lowest BCUT2D eigenvalue weighted by Crippen LogP contribution is -2.52. The minimum absolute atomic E-state index is 0.142. The van der Waals surface area contributed by atoms with Crippen LogP contribution in [0.25, 0.3) is 0 Å². The Morgan fingerprint density at radius 2 is 1.68 bits per heavy atom. The summed E-state index contributed by atoms with van der Waals surface area (Å²) in [5.74, 6) is 0.956. The number of hydrogen-bond donors (Lipinski definition) is 0. The van der Waals surface area contributed by atoms with Crippen molar-refractivity contribution in [3.63, 3.8) is 0 Å². The first kappa shape index (κ1) is 14.6. The summed E-state index contributed by atoms with van der Waals surface area (Å²) >= 11 is 0. The van der Waals surface area contributed by atoms with Crippen molar-refractivity contribution in [1.29, 1.82) is 0 Å². The Balaban J connectivity index is 1.73. The van der Waals surface area contributed by atoms with Gasteiger partial charge in [-0.25, -0.2) is 4.79 Å². The first-order chi connectivity index (χ1) is 9.24. The highest BCUT2D eigenvalue weighted by Crippen LogP contribution is 2.29. The number of rotatable bonds is 3. The van der Waals surface area contributed by atoms with Crippen molar-refractivity contribution >= 4 is 6.09 Å². The van der Waals surface area contributed by atoms with E-state index in [4.69, 9.17) is 4.74 Å². The van der Waals surface area contributed by atoms with Crippen molar-refractivity contribution in [3.8, 4) is 0 Å². The highest BCUT2D eigenvalue weighted by atomic mass is 16.6. The molecule has 0 atom stereocenters. The molecule has 0 spiro atoms. The van der Waals surface area contributed by atoms with Crippen LogP contribution in [0.2, 0.25) is 0 Å². The average Bonchev–Trinajstić information content (AvgIpc) is 2.48. The third-order valence-electron chi connectivity index (χ3n) is 4.75. The van der Waals surface area contributed by atoms with Crippen molar-refractivity contribution in [3.05, 3.63) is 0 Å². The Hall–Kier alpha value is -0.770. The normalized spacial score (nSPS) is 29.3. The summed E-state index contributed by atoms with van der Waals surface area (Å²) in [6.45, 7) is 8.32. The molecule has 0 bridgehead atoms. The Bertz CT molecular complexity index is 280. The molecule has 1 aliphatic carbocycles. The first-order valence-electron chi connectivity index (χ1n) is 7.90. The predicted octanol–water partition coefficient (Wildman–Crippen LogP) is 2.73. The van der Waals surface area contributed by atoms with Gasteiger partial charge in [0.1, 0.15) is 0 Å². The summed E-state index contributed by atoms with van der Waals surface area (Å²) in [4.78, 5) is 16.1. The van der Waals surface area contributed by atoms with Gasteiger partial charge < -0.3 is 9.64 Å². The summed E-state index contributed by atoms with van der Waals surface area (Å²) in [6.07, 6.45) is 6.66. The Kier molecular flexibility index (Phi) is 5.49. The largest absolute Gasteiger partial charge is 0.450 e. The second-order valence-electron chi connectivity index (χ2n) is 5.80. The van der Waals surface area contributed by atoms with Crippen molar-refractivity contribution in [2.45, 2.75) is 52.0 Å². The summed E-state index contributed by atoms with van der Waals surface area (Å²) < 4.78 is 5.06. The molecule has 0 aromatic carbocycles. The van der Waals surface area contributed by atoms with Crippen molar-refractivity contribution < 1.29 is 9.53 Å². The molecule has 19 heavy (non-hydrogen) atoms. The van der Waals surface area contributed by atoms with Gasteiger partial charge in [0.05, 0.1) is 6.61 Å². The Morgan fingerprint density at radius 3 is 2.21 bits per heavy atom. The SMILES string of the molecule is CCOC(=O)N1CCN(C2CCC(CC)CC2)CC1. The van der Waals surface area contributed by atoms with Crippen LogP contribution in [0.15, 0.2) is 0 Å². The lowest BCUT2D eigenvalue weighted by molar-refractivity contribution is 0.0536. The number of amides is 1. The topological polar surface area (TPSA) is 32.8 Å². The van der Waals surface area contributed by atoms with E-state index in [2.05, 4.69) is 11.8 Å². The van der Waals surface area contributed by atoms with Gasteiger partial charge in [-0.1, -0.05) is 13.3 Å². The molecule has 1 heterocycles. The minimum atomic E-state index is -0.142. The van der Waals surface area contributed by atoms with Crippen LogP contribution >= 0.6 is 0 Å². The molecule has 0 aromatic heterocycles. The summed E-state index contributed by atoms with van der Waals surface area (Å²) in [7, 11) is 0. The molecule has 1 amide bonds. The third-order valence-corrected chi connectivity index (χ3v) is 4.75. The van der Waals surface area contributed by atoms with Gasteiger partial charge in [0.15, 0.2) is 0 Å². The molecule has 2 fully saturated rings. The van der Waals surface area contributed by atoms with Gasteiger partial charge in [-0.05, 0) is 38.5 Å². The Morgan fingerprint density at radius 1 is 1.05 bits per heavy atom. The van der Waals surface area contributed by atoms with Gasteiger partial charge >= 0.3 is 6.09 Å². The van der Waals surface area contributed by atoms with E-state index in [9.17, 15) is 4.79 Å². The maximum Gasteiger partial charge on any atom is 0.409 e. The van der Waals surface area contributed by atoms with E-state index in [1.54, 1.807) is 0 Å². The summed E-state index contributed by atoms with van der Waals surface area (Å²) in [5.41, 5.74) is 0. The van der Waals surface area contributed by atoms with Gasteiger partial charge in [0.25, 0.3) is 0 Å². The zero-order chi connectivity index (χ0) is 13.7. The van der Waals surface area contributed by atoms with Crippen molar-refractivity contribution in [1.82, 2.24) is 9.80 Å². The molecule has 0 radical (unpaired) electrons. The number of nitrogens with zero attached hydrogens (tertiary/aromatic N) is 2. The molecule has 4 heteroatoms. The highest BCUT2D eigenvalue weighted by Gasteiger charge is 2.29. The van der Waals surface area contributed by atoms with Crippen LogP contribution in [0, 0.1) is 5.92 Å². The van der Waals surface area contributed by atoms with Crippen molar-refractivity contribution in [2.24, 2.45) is 5.92 Å². The van der Waals surface area contributed by atoms with Crippen LogP contribution < -0.4 is 0 Å². The quantitative estimate of drug-likeness (QED) is 0.789. The Labute approximate surface area is 117 Å². The second-order valence-corrected chi connectivity index (χ2v) is 5.80. The second kappa shape index (κ2) is 7.13. The number of piperazine rings is 1. The van der Waals surface area contributed by atoms with Gasteiger partial charge in [-0.15, -0.1) is 0 Å². The van der Waals surface area contributed by atoms with E-state index < -0.39 is 0 Å². The molecule has 2 rings (SSSR count). The van der Waals surface area contributed by atoms with Crippen LogP contribution in [0.1, 0.15) is 46.0 Å². The third kappa shape index (κ3) is 3.85. The molecule has 4 nitrogen and oxygen atoms in total. The maximum atomic E-state index is 11.6. The van der Waals surface area contributed by atoms with Crippen molar-refractivity contribution in [2.75, 3.05) is 32.8 Å². The van der Waals surface area contributed by atoms with Gasteiger partial charge in [-0.3, -0.25) is 4.90 Å². The van der Waals surface area contributed by atoms with Gasteiger partial charge in [0.2, 0.25) is 0 Å². The fourth-order valence-electron chi connectivity index (χ4n) is 3.40. The van der Waals surface area contributed by atoms with Crippen LogP contribution in [0.3, 0.4) is 0 Å². The number of carbonyl (C=O) groups is 1. The lowest BCUT2D eigenvalue weighted by Gasteiger charge is -2.41. The van der Waals surface area contributed by atoms with Crippen LogP contribution in [0.4, 0.5) is 4.79 Å². The molecule has 1 aliphatic heterocycles. The molecular weight excluding hydrogens is 240 g/mol. The fourth-order valence-corrected chi connectivity index (χ4v) is 3.40. The number of hydrogen-bond acceptors (Lipinski definition) is 3. The van der Waals surface area contributed by atoms with E-state index >= 15 is 0 Å². The van der Waals surface area contributed by atoms with E-state index in [1.807, 2.05) is 11.8 Å². The van der Waals surface area contributed by atoms with E-state index in [0.717, 1.165) is 38.1 Å². The molecule has 0 unspecified atom stereocenters. The van der Waals surface area contributed by atoms with Crippen LogP contribution in [0.5, 0.6) is 0 Å². The summed E-state index contributed by atoms with van der Waals surface area (Å²) in [6, 6.07) is 0.757. The minimum Gasteiger partial charge on any atom is -0.450 e. The first-order valence-corrected chi connectivity index (χ1v) is 7.90. The molecule has 1 saturated carbocycles. The molecule has 0 N–H and O–H groups in total. The lowest BCUT2D eigenvalue weighted by atomic mass is 9.84. The molecule has 1 saturated heterocycles. The zero-order valence-corrected chi connectivity index (χ0v) is 12.4. The van der Waals surface area contributed by atoms with Gasteiger partial charge in [-0.2, -0.15) is 0 Å². The average molecular weight is 268 g/mol. The summed E-state index contributed by atoms with van der Waals surface area (Å²) in [5, 5.41) is 0. The van der Waals surface area contributed by atoms with E-state index in [1.165, 1.54) is 32.1 Å². The smallest absolute Gasteiger partial charge is 0.409 e. The van der Waals surface area contributed by atoms with Gasteiger partial charge in [0, 0.05) is 32.2 Å². The van der Waals surface area contributed by atoms with E-state index in [-0.39, 0.29) is 6.09 Å². The van der Waals surface area contributed by atoms with E-state index in [0.29, 0.717) is 6.61 Å². The molecule has 2 aliphatic rings. The van der Waals surface area contributed by atoms with Crippen LogP contribution in [-0.2, 0) is 4.74 Å². The molecular formula is C15H28N2O2. The zero-order valence-electron chi connectivity index (χ0n) is 12.4. The monoisotopic (exact) mass is 268 g/mol. The number of carbonyl (C=O) groups excluding carboxylic acids is 1. The molecule has 0 aromatic rings. The number of ether oxygens (including phenoxy) is 1. The van der Waals surface area contributed by atoms with Crippen LogP contribution in [-0.4, -0.2) is 54.7 Å². The predicted molar refractivity (Wildman–Crippen MR) is 76.2 cm³/mol.